The van der Waals surface area contributed by atoms with Gasteiger partial charge in [-0.2, -0.15) is 4.98 Å². The number of hydrogen-bond donors (Lipinski definition) is 1. The van der Waals surface area contributed by atoms with E-state index in [9.17, 15) is 0 Å². The van der Waals surface area contributed by atoms with Crippen LogP contribution < -0.4 is 10.2 Å². The van der Waals surface area contributed by atoms with Crippen molar-refractivity contribution in [2.24, 2.45) is 0 Å². The Hall–Kier alpha value is -2.70. The molecule has 7 nitrogen and oxygen atoms in total. The van der Waals surface area contributed by atoms with Crippen molar-refractivity contribution in [1.82, 2.24) is 20.1 Å². The van der Waals surface area contributed by atoms with Crippen molar-refractivity contribution in [3.05, 3.63) is 35.9 Å². The van der Waals surface area contributed by atoms with Gasteiger partial charge in [0, 0.05) is 25.8 Å². The molecule has 0 spiro atoms. The molecule has 1 aliphatic rings. The third kappa shape index (κ3) is 3.40. The van der Waals surface area contributed by atoms with E-state index in [0.29, 0.717) is 12.3 Å². The highest BCUT2D eigenvalue weighted by molar-refractivity contribution is 5.87. The average molecular weight is 338 g/mol. The summed E-state index contributed by atoms with van der Waals surface area (Å²) in [6, 6.07) is 4.20. The van der Waals surface area contributed by atoms with E-state index in [0.717, 1.165) is 35.8 Å². The van der Waals surface area contributed by atoms with Crippen LogP contribution in [0.1, 0.15) is 36.9 Å². The van der Waals surface area contributed by atoms with Crippen molar-refractivity contribution >= 4 is 22.7 Å². The SMILES string of the molecule is Cc1noc2ncnc(NCc3ccnc(N4CCCCCC4)c3)c12. The molecule has 0 bridgehead atoms. The predicted molar refractivity (Wildman–Crippen MR) is 96.6 cm³/mol. The second-order valence-electron chi connectivity index (χ2n) is 6.45. The molecular weight excluding hydrogens is 316 g/mol. The molecule has 1 N–H and O–H groups in total. The van der Waals surface area contributed by atoms with Crippen LogP contribution in [0.25, 0.3) is 11.1 Å². The number of nitrogens with one attached hydrogen (secondary N) is 1. The molecule has 3 aromatic rings. The molecule has 25 heavy (non-hydrogen) atoms. The molecule has 0 aliphatic carbocycles. The molecule has 4 heterocycles. The summed E-state index contributed by atoms with van der Waals surface area (Å²) >= 11 is 0. The van der Waals surface area contributed by atoms with Crippen LogP contribution in [-0.2, 0) is 6.54 Å². The third-order valence-electron chi connectivity index (χ3n) is 4.64. The smallest absolute Gasteiger partial charge is 0.263 e. The Morgan fingerprint density at radius 1 is 1.12 bits per heavy atom. The molecule has 0 unspecified atom stereocenters. The van der Waals surface area contributed by atoms with Crippen LogP contribution >= 0.6 is 0 Å². The fourth-order valence-electron chi connectivity index (χ4n) is 3.29. The van der Waals surface area contributed by atoms with Crippen molar-refractivity contribution < 1.29 is 4.52 Å². The Morgan fingerprint density at radius 3 is 2.80 bits per heavy atom. The molecule has 130 valence electrons. The van der Waals surface area contributed by atoms with Gasteiger partial charge in [0.25, 0.3) is 5.71 Å². The predicted octanol–water partition coefficient (Wildman–Crippen LogP) is 3.31. The lowest BCUT2D eigenvalue weighted by Gasteiger charge is -2.21. The summed E-state index contributed by atoms with van der Waals surface area (Å²) in [5.41, 5.74) is 2.48. The summed E-state index contributed by atoms with van der Waals surface area (Å²) < 4.78 is 5.19. The minimum absolute atomic E-state index is 0.509. The number of pyridine rings is 1. The molecule has 1 saturated heterocycles. The van der Waals surface area contributed by atoms with Crippen molar-refractivity contribution in [2.45, 2.75) is 39.2 Å². The molecule has 3 aromatic heterocycles. The van der Waals surface area contributed by atoms with Crippen LogP contribution in [0.15, 0.2) is 29.2 Å². The van der Waals surface area contributed by atoms with E-state index in [2.05, 4.69) is 36.4 Å². The zero-order valence-corrected chi connectivity index (χ0v) is 14.4. The van der Waals surface area contributed by atoms with Crippen LogP contribution in [-0.4, -0.2) is 33.2 Å². The normalized spacial score (nSPS) is 15.3. The maximum atomic E-state index is 5.19. The van der Waals surface area contributed by atoms with E-state index < -0.39 is 0 Å². The number of aromatic nitrogens is 4. The Labute approximate surface area is 146 Å². The van der Waals surface area contributed by atoms with Crippen LogP contribution in [0.5, 0.6) is 0 Å². The molecule has 0 saturated carbocycles. The summed E-state index contributed by atoms with van der Waals surface area (Å²) in [5, 5.41) is 8.17. The molecule has 0 amide bonds. The molecular formula is C18H22N6O. The lowest BCUT2D eigenvalue weighted by Crippen LogP contribution is -2.25. The van der Waals surface area contributed by atoms with Gasteiger partial charge >= 0.3 is 0 Å². The summed E-state index contributed by atoms with van der Waals surface area (Å²) in [5.74, 6) is 1.81. The summed E-state index contributed by atoms with van der Waals surface area (Å²) in [6.45, 7) is 4.75. The maximum absolute atomic E-state index is 5.19. The van der Waals surface area contributed by atoms with E-state index in [1.54, 1.807) is 0 Å². The summed E-state index contributed by atoms with van der Waals surface area (Å²) in [7, 11) is 0. The first-order chi connectivity index (χ1) is 12.3. The molecule has 0 aromatic carbocycles. The first kappa shape index (κ1) is 15.8. The minimum Gasteiger partial charge on any atom is -0.365 e. The first-order valence-electron chi connectivity index (χ1n) is 8.82. The van der Waals surface area contributed by atoms with Gasteiger partial charge < -0.3 is 14.7 Å². The third-order valence-corrected chi connectivity index (χ3v) is 4.64. The van der Waals surface area contributed by atoms with Crippen LogP contribution in [0, 0.1) is 6.92 Å². The standard InChI is InChI=1S/C18H22N6O/c1-13-16-17(21-12-22-18(16)25-23-13)20-11-14-6-7-19-15(10-14)24-8-4-2-3-5-9-24/h6-7,10,12H,2-5,8-9,11H2,1H3,(H,20,21,22). The van der Waals surface area contributed by atoms with E-state index in [-0.39, 0.29) is 0 Å². The summed E-state index contributed by atoms with van der Waals surface area (Å²) in [6.07, 6.45) is 8.51. The van der Waals surface area contributed by atoms with Crippen molar-refractivity contribution in [2.75, 3.05) is 23.3 Å². The van der Waals surface area contributed by atoms with E-state index in [1.807, 2.05) is 19.2 Å². The zero-order chi connectivity index (χ0) is 17.1. The van der Waals surface area contributed by atoms with E-state index >= 15 is 0 Å². The largest absolute Gasteiger partial charge is 0.365 e. The molecule has 7 heteroatoms. The fourth-order valence-corrected chi connectivity index (χ4v) is 3.29. The van der Waals surface area contributed by atoms with Gasteiger partial charge in [-0.3, -0.25) is 0 Å². The van der Waals surface area contributed by atoms with Gasteiger partial charge in [0.1, 0.15) is 23.3 Å². The molecule has 0 radical (unpaired) electrons. The average Bonchev–Trinajstić information content (AvgIpc) is 2.86. The van der Waals surface area contributed by atoms with Crippen molar-refractivity contribution in [1.29, 1.82) is 0 Å². The Kier molecular flexibility index (Phi) is 4.45. The number of hydrogen-bond acceptors (Lipinski definition) is 7. The Morgan fingerprint density at radius 2 is 1.96 bits per heavy atom. The lowest BCUT2D eigenvalue weighted by molar-refractivity contribution is 0.442. The van der Waals surface area contributed by atoms with Gasteiger partial charge in [0.15, 0.2) is 0 Å². The van der Waals surface area contributed by atoms with E-state index in [4.69, 9.17) is 4.52 Å². The quantitative estimate of drug-likeness (QED) is 0.781. The zero-order valence-electron chi connectivity index (χ0n) is 14.4. The van der Waals surface area contributed by atoms with Gasteiger partial charge in [0.2, 0.25) is 0 Å². The van der Waals surface area contributed by atoms with Crippen LogP contribution in [0.2, 0.25) is 0 Å². The molecule has 1 fully saturated rings. The van der Waals surface area contributed by atoms with Crippen molar-refractivity contribution in [3.8, 4) is 0 Å². The fraction of sp³-hybridized carbons (Fsp3) is 0.444. The van der Waals surface area contributed by atoms with Crippen molar-refractivity contribution in [3.63, 3.8) is 0 Å². The molecule has 4 rings (SSSR count). The Balaban J connectivity index is 1.51. The van der Waals surface area contributed by atoms with Gasteiger partial charge in [-0.15, -0.1) is 0 Å². The maximum Gasteiger partial charge on any atom is 0.263 e. The first-order valence-corrected chi connectivity index (χ1v) is 8.82. The minimum atomic E-state index is 0.509. The van der Waals surface area contributed by atoms with Gasteiger partial charge in [-0.25, -0.2) is 9.97 Å². The highest BCUT2D eigenvalue weighted by Gasteiger charge is 2.13. The second-order valence-corrected chi connectivity index (χ2v) is 6.45. The number of nitrogens with zero attached hydrogens (tertiary/aromatic N) is 5. The second kappa shape index (κ2) is 7.04. The van der Waals surface area contributed by atoms with Crippen LogP contribution in [0.4, 0.5) is 11.6 Å². The Bertz CT molecular complexity index is 854. The number of anilines is 2. The number of rotatable bonds is 4. The number of fused-ring (bicyclic) bond motifs is 1. The monoisotopic (exact) mass is 338 g/mol. The van der Waals surface area contributed by atoms with Gasteiger partial charge in [-0.1, -0.05) is 18.0 Å². The van der Waals surface area contributed by atoms with Gasteiger partial charge in [-0.05, 0) is 37.5 Å². The van der Waals surface area contributed by atoms with Crippen LogP contribution in [0.3, 0.4) is 0 Å². The highest BCUT2D eigenvalue weighted by atomic mass is 16.5. The topological polar surface area (TPSA) is 80.0 Å². The highest BCUT2D eigenvalue weighted by Crippen LogP contribution is 2.23. The molecule has 1 aliphatic heterocycles. The van der Waals surface area contributed by atoms with Gasteiger partial charge in [0.05, 0.1) is 5.69 Å². The summed E-state index contributed by atoms with van der Waals surface area (Å²) in [4.78, 5) is 15.4. The number of aryl methyl sites for hydroxylation is 1. The molecule has 0 atom stereocenters. The van der Waals surface area contributed by atoms with E-state index in [1.165, 1.54) is 37.6 Å². The lowest BCUT2D eigenvalue weighted by atomic mass is 10.2.